The number of hydrogen-bond donors (Lipinski definition) is 3. The Balaban J connectivity index is 1.92. The van der Waals surface area contributed by atoms with Gasteiger partial charge in [0.15, 0.2) is 0 Å². The molecule has 0 spiro atoms. The van der Waals surface area contributed by atoms with Crippen LogP contribution in [0.25, 0.3) is 0 Å². The van der Waals surface area contributed by atoms with Crippen LogP contribution in [0.5, 0.6) is 0 Å². The fourth-order valence-corrected chi connectivity index (χ4v) is 1.80. The van der Waals surface area contributed by atoms with Gasteiger partial charge in [0.1, 0.15) is 10.5 Å². The molecule has 1 saturated carbocycles. The summed E-state index contributed by atoms with van der Waals surface area (Å²) < 4.78 is 0. The van der Waals surface area contributed by atoms with Crippen molar-refractivity contribution >= 4 is 28.5 Å². The van der Waals surface area contributed by atoms with Crippen LogP contribution in [0.2, 0.25) is 0 Å². The summed E-state index contributed by atoms with van der Waals surface area (Å²) in [7, 11) is 0. The second-order valence-electron chi connectivity index (χ2n) is 3.59. The second kappa shape index (κ2) is 3.71. The first kappa shape index (κ1) is 10.8. The summed E-state index contributed by atoms with van der Waals surface area (Å²) >= 11 is 1.23. The topological polar surface area (TPSA) is 104 Å². The molecular weight excluding hydrogens is 232 g/mol. The number of hydrogen-bond acceptors (Lipinski definition) is 5. The molecule has 3 N–H and O–H groups in total. The molecule has 1 aromatic rings. The van der Waals surface area contributed by atoms with Gasteiger partial charge in [-0.3, -0.25) is 5.32 Å². The number of anilines is 1. The van der Waals surface area contributed by atoms with E-state index >= 15 is 0 Å². The van der Waals surface area contributed by atoms with Gasteiger partial charge >= 0.3 is 12.0 Å². The van der Waals surface area contributed by atoms with Gasteiger partial charge in [-0.2, -0.15) is 0 Å². The van der Waals surface area contributed by atoms with E-state index in [9.17, 15) is 9.59 Å². The van der Waals surface area contributed by atoms with Gasteiger partial charge in [0, 0.05) is 0 Å². The summed E-state index contributed by atoms with van der Waals surface area (Å²) in [5.41, 5.74) is -1.08. The minimum atomic E-state index is -1.08. The first-order chi connectivity index (χ1) is 7.52. The third-order valence-electron chi connectivity index (χ3n) is 2.26. The summed E-state index contributed by atoms with van der Waals surface area (Å²) in [5, 5.41) is 22.2. The number of nitrogens with one attached hydrogen (secondary N) is 2. The highest BCUT2D eigenvalue weighted by atomic mass is 32.1. The number of carbonyl (C=O) groups excluding carboxylic acids is 1. The summed E-state index contributed by atoms with van der Waals surface area (Å²) in [6.45, 7) is 1.76. The second-order valence-corrected chi connectivity index (χ2v) is 4.77. The molecule has 8 heteroatoms. The van der Waals surface area contributed by atoms with Crippen molar-refractivity contribution in [3.05, 3.63) is 5.01 Å². The van der Waals surface area contributed by atoms with E-state index in [0.29, 0.717) is 18.0 Å². The van der Waals surface area contributed by atoms with Gasteiger partial charge in [-0.25, -0.2) is 9.59 Å². The molecule has 16 heavy (non-hydrogen) atoms. The monoisotopic (exact) mass is 242 g/mol. The molecule has 0 radical (unpaired) electrons. The minimum Gasteiger partial charge on any atom is -0.480 e. The number of carboxylic acids is 1. The van der Waals surface area contributed by atoms with Crippen molar-refractivity contribution < 1.29 is 14.7 Å². The number of nitrogens with zero attached hydrogens (tertiary/aromatic N) is 2. The Morgan fingerprint density at radius 3 is 2.56 bits per heavy atom. The van der Waals surface area contributed by atoms with E-state index in [1.165, 1.54) is 11.3 Å². The number of carboxylic acid groups (broad SMARTS) is 1. The molecule has 1 aliphatic carbocycles. The van der Waals surface area contributed by atoms with Crippen molar-refractivity contribution in [2.45, 2.75) is 25.3 Å². The average molecular weight is 242 g/mol. The van der Waals surface area contributed by atoms with E-state index in [-0.39, 0.29) is 0 Å². The van der Waals surface area contributed by atoms with Crippen molar-refractivity contribution in [3.8, 4) is 0 Å². The van der Waals surface area contributed by atoms with Gasteiger partial charge in [-0.1, -0.05) is 11.3 Å². The summed E-state index contributed by atoms with van der Waals surface area (Å²) in [5.74, 6) is -1.00. The summed E-state index contributed by atoms with van der Waals surface area (Å²) in [4.78, 5) is 22.2. The molecule has 0 atom stereocenters. The van der Waals surface area contributed by atoms with Crippen molar-refractivity contribution in [2.75, 3.05) is 5.32 Å². The number of aryl methyl sites for hydroxylation is 1. The molecule has 0 aromatic carbocycles. The van der Waals surface area contributed by atoms with Crippen LogP contribution in [0, 0.1) is 6.92 Å². The van der Waals surface area contributed by atoms with Gasteiger partial charge < -0.3 is 10.4 Å². The van der Waals surface area contributed by atoms with E-state index in [1.54, 1.807) is 6.92 Å². The normalized spacial score (nSPS) is 16.6. The Labute approximate surface area is 94.9 Å². The molecule has 2 rings (SSSR count). The van der Waals surface area contributed by atoms with E-state index < -0.39 is 17.5 Å². The van der Waals surface area contributed by atoms with Gasteiger partial charge in [0.2, 0.25) is 5.13 Å². The van der Waals surface area contributed by atoms with E-state index in [0.717, 1.165) is 5.01 Å². The molecule has 7 nitrogen and oxygen atoms in total. The van der Waals surface area contributed by atoms with Crippen LogP contribution in [-0.4, -0.2) is 32.8 Å². The number of aromatic nitrogens is 2. The molecule has 0 aliphatic heterocycles. The Hall–Kier alpha value is -1.70. The van der Waals surface area contributed by atoms with Crippen LogP contribution < -0.4 is 10.6 Å². The Morgan fingerprint density at radius 1 is 1.44 bits per heavy atom. The minimum absolute atomic E-state index is 0.358. The standard InChI is InChI=1S/C8H10N4O3S/c1-4-11-12-7(16-4)9-6(15)10-8(2-3-8)5(13)14/h2-3H2,1H3,(H,13,14)(H2,9,10,12,15). The van der Waals surface area contributed by atoms with Crippen molar-refractivity contribution in [2.24, 2.45) is 0 Å². The zero-order valence-corrected chi connectivity index (χ0v) is 9.30. The maximum absolute atomic E-state index is 11.4. The number of urea groups is 1. The number of rotatable bonds is 3. The Morgan fingerprint density at radius 2 is 2.12 bits per heavy atom. The summed E-state index contributed by atoms with van der Waals surface area (Å²) in [6, 6.07) is -0.559. The lowest BCUT2D eigenvalue weighted by molar-refractivity contribution is -0.140. The largest absolute Gasteiger partial charge is 0.480 e. The van der Waals surface area contributed by atoms with Gasteiger partial charge in [-0.05, 0) is 19.8 Å². The predicted octanol–water partition coefficient (Wildman–Crippen LogP) is 0.585. The van der Waals surface area contributed by atoms with Crippen molar-refractivity contribution in [1.29, 1.82) is 0 Å². The highest BCUT2D eigenvalue weighted by molar-refractivity contribution is 7.15. The fraction of sp³-hybridized carbons (Fsp3) is 0.500. The smallest absolute Gasteiger partial charge is 0.329 e. The van der Waals surface area contributed by atoms with Crippen LogP contribution in [-0.2, 0) is 4.79 Å². The van der Waals surface area contributed by atoms with Crippen molar-refractivity contribution in [1.82, 2.24) is 15.5 Å². The molecule has 0 saturated heterocycles. The fourth-order valence-electron chi connectivity index (χ4n) is 1.21. The molecule has 86 valence electrons. The third kappa shape index (κ3) is 2.11. The lowest BCUT2D eigenvalue weighted by Crippen LogP contribution is -2.45. The lowest BCUT2D eigenvalue weighted by atomic mass is 10.3. The maximum atomic E-state index is 11.4. The van der Waals surface area contributed by atoms with Gasteiger partial charge in [0.05, 0.1) is 0 Å². The quantitative estimate of drug-likeness (QED) is 0.719. The first-order valence-electron chi connectivity index (χ1n) is 4.64. The van der Waals surface area contributed by atoms with Crippen LogP contribution in [0.1, 0.15) is 17.8 Å². The highest BCUT2D eigenvalue weighted by Crippen LogP contribution is 2.35. The lowest BCUT2D eigenvalue weighted by Gasteiger charge is -2.11. The molecule has 1 heterocycles. The molecule has 1 fully saturated rings. The van der Waals surface area contributed by atoms with Crippen LogP contribution in [0.4, 0.5) is 9.93 Å². The van der Waals surface area contributed by atoms with Crippen LogP contribution >= 0.6 is 11.3 Å². The predicted molar refractivity (Wildman–Crippen MR) is 56.4 cm³/mol. The average Bonchev–Trinajstić information content (AvgIpc) is 2.85. The molecule has 0 unspecified atom stereocenters. The molecular formula is C8H10N4O3S. The Bertz CT molecular complexity index is 440. The van der Waals surface area contributed by atoms with E-state index in [2.05, 4.69) is 20.8 Å². The molecule has 1 aliphatic rings. The maximum Gasteiger partial charge on any atom is 0.329 e. The van der Waals surface area contributed by atoms with Gasteiger partial charge in [0.25, 0.3) is 0 Å². The number of amides is 2. The van der Waals surface area contributed by atoms with Crippen LogP contribution in [0.15, 0.2) is 0 Å². The van der Waals surface area contributed by atoms with Crippen molar-refractivity contribution in [3.63, 3.8) is 0 Å². The van der Waals surface area contributed by atoms with Crippen LogP contribution in [0.3, 0.4) is 0 Å². The number of aliphatic carboxylic acids is 1. The SMILES string of the molecule is Cc1nnc(NC(=O)NC2(C(=O)O)CC2)s1. The highest BCUT2D eigenvalue weighted by Gasteiger charge is 2.51. The molecule has 2 amide bonds. The van der Waals surface area contributed by atoms with E-state index in [4.69, 9.17) is 5.11 Å². The summed E-state index contributed by atoms with van der Waals surface area (Å²) in [6.07, 6.45) is 0.926. The third-order valence-corrected chi connectivity index (χ3v) is 3.01. The first-order valence-corrected chi connectivity index (χ1v) is 5.46. The zero-order chi connectivity index (χ0) is 11.8. The zero-order valence-electron chi connectivity index (χ0n) is 8.48. The van der Waals surface area contributed by atoms with Gasteiger partial charge in [-0.15, -0.1) is 10.2 Å². The number of carbonyl (C=O) groups is 2. The Kier molecular flexibility index (Phi) is 2.50. The molecule has 0 bridgehead atoms. The van der Waals surface area contributed by atoms with E-state index in [1.807, 2.05) is 0 Å². The molecule has 1 aromatic heterocycles.